The van der Waals surface area contributed by atoms with Crippen molar-refractivity contribution in [2.75, 3.05) is 4.90 Å². The number of primary sulfonamides is 1. The van der Waals surface area contributed by atoms with Gasteiger partial charge in [-0.1, -0.05) is 16.8 Å². The predicted octanol–water partition coefficient (Wildman–Crippen LogP) is 1.21. The van der Waals surface area contributed by atoms with E-state index in [4.69, 9.17) is 27.0 Å². The summed E-state index contributed by atoms with van der Waals surface area (Å²) in [6.45, 7) is 1.53. The van der Waals surface area contributed by atoms with Gasteiger partial charge in [0.1, 0.15) is 22.5 Å². The number of nitrogens with zero attached hydrogens (tertiary/aromatic N) is 2. The second-order valence-electron chi connectivity index (χ2n) is 4.25. The normalized spacial score (nSPS) is 11.4. The number of halogens is 1. The molecule has 0 spiro atoms. The van der Waals surface area contributed by atoms with Gasteiger partial charge in [0, 0.05) is 0 Å². The molecule has 0 unspecified atom stereocenters. The smallest absolute Gasteiger partial charge is 0.324 e. The van der Waals surface area contributed by atoms with Crippen LogP contribution in [0.5, 0.6) is 5.75 Å². The first kappa shape index (κ1) is 16.1. The van der Waals surface area contributed by atoms with Gasteiger partial charge in [0.15, 0.2) is 5.75 Å². The maximum absolute atomic E-state index is 11.7. The average molecular weight is 347 g/mol. The molecule has 0 radical (unpaired) electrons. The van der Waals surface area contributed by atoms with Crippen molar-refractivity contribution in [2.24, 2.45) is 10.9 Å². The number of carbonyl (C=O) groups is 1. The molecule has 0 atom stereocenters. The van der Waals surface area contributed by atoms with Gasteiger partial charge < -0.3 is 15.4 Å². The maximum Gasteiger partial charge on any atom is 0.324 e. The van der Waals surface area contributed by atoms with Gasteiger partial charge in [0.2, 0.25) is 10.0 Å². The topological polar surface area (TPSA) is 153 Å². The minimum Gasteiger partial charge on any atom is -0.504 e. The molecule has 9 nitrogen and oxygen atoms in total. The van der Waals surface area contributed by atoms with E-state index in [-0.39, 0.29) is 16.4 Å². The Morgan fingerprint density at radius 1 is 1.41 bits per heavy atom. The van der Waals surface area contributed by atoms with E-state index in [1.807, 2.05) is 0 Å². The third kappa shape index (κ3) is 2.71. The lowest BCUT2D eigenvalue weighted by Crippen LogP contribution is -2.32. The molecule has 0 aliphatic carbocycles. The molecule has 1 heterocycles. The molecule has 0 aliphatic rings. The van der Waals surface area contributed by atoms with Crippen LogP contribution < -0.4 is 15.8 Å². The van der Waals surface area contributed by atoms with Gasteiger partial charge in [-0.05, 0) is 19.1 Å². The van der Waals surface area contributed by atoms with Crippen LogP contribution in [0.15, 0.2) is 27.8 Å². The van der Waals surface area contributed by atoms with E-state index in [9.17, 15) is 18.3 Å². The van der Waals surface area contributed by atoms with Gasteiger partial charge in [-0.25, -0.2) is 18.4 Å². The number of primary amides is 1. The second-order valence-corrected chi connectivity index (χ2v) is 6.15. The maximum atomic E-state index is 11.7. The molecule has 11 heteroatoms. The molecule has 0 saturated heterocycles. The zero-order valence-corrected chi connectivity index (χ0v) is 12.7. The number of aromatic hydroxyl groups is 1. The fraction of sp³-hybridized carbons (Fsp3) is 0.0909. The highest BCUT2D eigenvalue weighted by Gasteiger charge is 2.28. The molecule has 0 saturated carbocycles. The zero-order valence-electron chi connectivity index (χ0n) is 11.1. The Morgan fingerprint density at radius 2 is 2.05 bits per heavy atom. The number of aromatic nitrogens is 1. The highest BCUT2D eigenvalue weighted by atomic mass is 35.5. The summed E-state index contributed by atoms with van der Waals surface area (Å²) >= 11 is 5.74. The molecule has 1 aromatic heterocycles. The van der Waals surface area contributed by atoms with Crippen LogP contribution in [0.25, 0.3) is 0 Å². The minimum atomic E-state index is -4.32. The molecule has 2 aromatic rings. The number of phenolic OH excluding ortho intramolecular Hbond substituents is 1. The summed E-state index contributed by atoms with van der Waals surface area (Å²) in [4.78, 5) is 11.8. The molecule has 0 aliphatic heterocycles. The van der Waals surface area contributed by atoms with Crippen LogP contribution in [0.4, 0.5) is 16.2 Å². The number of amides is 2. The number of urea groups is 1. The molecule has 0 bridgehead atoms. The van der Waals surface area contributed by atoms with E-state index in [0.29, 0.717) is 5.69 Å². The van der Waals surface area contributed by atoms with E-state index in [1.165, 1.54) is 13.0 Å². The highest BCUT2D eigenvalue weighted by Crippen LogP contribution is 2.41. The van der Waals surface area contributed by atoms with Gasteiger partial charge in [0.05, 0.1) is 10.7 Å². The van der Waals surface area contributed by atoms with Crippen molar-refractivity contribution in [3.05, 3.63) is 29.1 Å². The average Bonchev–Trinajstić information content (AvgIpc) is 2.77. The summed E-state index contributed by atoms with van der Waals surface area (Å²) in [5.41, 5.74) is 5.48. The van der Waals surface area contributed by atoms with Gasteiger partial charge >= 0.3 is 6.03 Å². The summed E-state index contributed by atoms with van der Waals surface area (Å²) in [5, 5.41) is 18.5. The van der Waals surface area contributed by atoms with Crippen LogP contribution in [-0.4, -0.2) is 24.7 Å². The number of rotatable bonds is 3. The molecule has 1 aromatic carbocycles. The van der Waals surface area contributed by atoms with Crippen molar-refractivity contribution in [3.63, 3.8) is 0 Å². The number of sulfonamides is 1. The van der Waals surface area contributed by atoms with Crippen molar-refractivity contribution >= 4 is 39.0 Å². The third-order valence-corrected chi connectivity index (χ3v) is 4.18. The Balaban J connectivity index is 2.75. The quantitative estimate of drug-likeness (QED) is 0.759. The number of hydrogen-bond donors (Lipinski definition) is 3. The third-order valence-electron chi connectivity index (χ3n) is 2.77. The number of anilines is 2. The van der Waals surface area contributed by atoms with Gasteiger partial charge in [-0.3, -0.25) is 4.90 Å². The molecule has 2 amide bonds. The summed E-state index contributed by atoms with van der Waals surface area (Å²) < 4.78 is 27.8. The van der Waals surface area contributed by atoms with E-state index >= 15 is 0 Å². The lowest BCUT2D eigenvalue weighted by molar-refractivity contribution is 0.255. The summed E-state index contributed by atoms with van der Waals surface area (Å²) in [5.74, 6) is -0.811. The van der Waals surface area contributed by atoms with Crippen LogP contribution in [0, 0.1) is 6.92 Å². The lowest BCUT2D eigenvalue weighted by Gasteiger charge is -2.21. The Hall–Kier alpha value is -2.30. The van der Waals surface area contributed by atoms with Crippen LogP contribution >= 0.6 is 11.6 Å². The predicted molar refractivity (Wildman–Crippen MR) is 77.5 cm³/mol. The van der Waals surface area contributed by atoms with E-state index in [2.05, 4.69) is 5.16 Å². The molecule has 0 fully saturated rings. The molecule has 22 heavy (non-hydrogen) atoms. The minimum absolute atomic E-state index is 0.130. The Labute approximate surface area is 130 Å². The molecule has 2 rings (SSSR count). The number of benzene rings is 1. The van der Waals surface area contributed by atoms with E-state index in [0.717, 1.165) is 17.2 Å². The molecular weight excluding hydrogens is 336 g/mol. The first-order valence-corrected chi connectivity index (χ1v) is 7.61. The first-order chi connectivity index (χ1) is 10.1. The van der Waals surface area contributed by atoms with Crippen molar-refractivity contribution in [3.8, 4) is 5.75 Å². The van der Waals surface area contributed by atoms with Crippen LogP contribution in [0.2, 0.25) is 5.02 Å². The fourth-order valence-electron chi connectivity index (χ4n) is 1.86. The standard InChI is InChI=1S/C11H11ClN4O5S/c1-5-8(4-21-15-5)16(11(13)18)7-3-2-6(12)10(9(7)17)22(14,19)20/h2-4,17H,1H3,(H2,13,18)(H2,14,19,20). The summed E-state index contributed by atoms with van der Waals surface area (Å²) in [6.07, 6.45) is 1.12. The van der Waals surface area contributed by atoms with Crippen LogP contribution in [-0.2, 0) is 10.0 Å². The summed E-state index contributed by atoms with van der Waals surface area (Å²) in [6, 6.07) is 1.38. The van der Waals surface area contributed by atoms with Crippen molar-refractivity contribution < 1.29 is 22.8 Å². The van der Waals surface area contributed by atoms with Gasteiger partial charge in [-0.15, -0.1) is 0 Å². The number of phenols is 1. The number of nitrogens with two attached hydrogens (primary N) is 2. The van der Waals surface area contributed by atoms with E-state index < -0.39 is 26.7 Å². The van der Waals surface area contributed by atoms with Gasteiger partial charge in [0.25, 0.3) is 0 Å². The monoisotopic (exact) mass is 346 g/mol. The first-order valence-electron chi connectivity index (χ1n) is 5.69. The zero-order chi connectivity index (χ0) is 16.7. The van der Waals surface area contributed by atoms with Crippen LogP contribution in [0.3, 0.4) is 0 Å². The Morgan fingerprint density at radius 3 is 2.50 bits per heavy atom. The van der Waals surface area contributed by atoms with Gasteiger partial charge in [-0.2, -0.15) is 0 Å². The fourth-order valence-corrected chi connectivity index (χ4v) is 3.05. The lowest BCUT2D eigenvalue weighted by atomic mass is 10.2. The molecule has 5 N–H and O–H groups in total. The molecular formula is C11H11ClN4O5S. The number of aryl methyl sites for hydroxylation is 1. The second kappa shape index (κ2) is 5.48. The number of carbonyl (C=O) groups excluding carboxylic acids is 1. The number of hydrogen-bond acceptors (Lipinski definition) is 6. The summed E-state index contributed by atoms with van der Waals surface area (Å²) in [7, 11) is -4.32. The largest absolute Gasteiger partial charge is 0.504 e. The molecule has 118 valence electrons. The SMILES string of the molecule is Cc1nocc1N(C(N)=O)c1ccc(Cl)c(S(N)(=O)=O)c1O. The highest BCUT2D eigenvalue weighted by molar-refractivity contribution is 7.89. The Bertz CT molecular complexity index is 848. The van der Waals surface area contributed by atoms with Crippen molar-refractivity contribution in [1.82, 2.24) is 5.16 Å². The van der Waals surface area contributed by atoms with Crippen molar-refractivity contribution in [2.45, 2.75) is 11.8 Å². The van der Waals surface area contributed by atoms with E-state index in [1.54, 1.807) is 0 Å². The van der Waals surface area contributed by atoms with Crippen LogP contribution in [0.1, 0.15) is 5.69 Å². The Kier molecular flexibility index (Phi) is 4.00. The van der Waals surface area contributed by atoms with Crippen molar-refractivity contribution in [1.29, 1.82) is 0 Å².